The summed E-state index contributed by atoms with van der Waals surface area (Å²) in [4.78, 5) is 50.1. The molecule has 0 aromatic carbocycles. The lowest BCUT2D eigenvalue weighted by Gasteiger charge is -2.51. The van der Waals surface area contributed by atoms with Crippen molar-refractivity contribution in [2.45, 2.75) is 154 Å². The van der Waals surface area contributed by atoms with Crippen molar-refractivity contribution in [3.05, 3.63) is 0 Å². The molecule has 0 spiro atoms. The second-order valence-electron chi connectivity index (χ2n) is 15.0. The van der Waals surface area contributed by atoms with Gasteiger partial charge in [0.25, 0.3) is 11.6 Å². The Kier molecular flexibility index (Phi) is 17.2. The van der Waals surface area contributed by atoms with Gasteiger partial charge in [0.1, 0.15) is 79.4 Å². The van der Waals surface area contributed by atoms with E-state index in [0.29, 0.717) is 0 Å². The number of aliphatic carboxylic acids is 2. The van der Waals surface area contributed by atoms with Crippen LogP contribution in [0, 0.1) is 0 Å². The van der Waals surface area contributed by atoms with Crippen LogP contribution in [0.3, 0.4) is 0 Å². The van der Waals surface area contributed by atoms with Crippen LogP contribution in [0.1, 0.15) is 26.7 Å². The molecule has 0 aliphatic carbocycles. The highest BCUT2D eigenvalue weighted by atomic mass is 16.8. The summed E-state index contributed by atoms with van der Waals surface area (Å²) in [6, 6.07) is -3.53. The summed E-state index contributed by atoms with van der Waals surface area (Å²) >= 11 is 0. The molecule has 28 nitrogen and oxygen atoms in total. The first-order chi connectivity index (χ1) is 28.5. The highest BCUT2D eigenvalue weighted by Crippen LogP contribution is 2.40. The third-order valence-corrected chi connectivity index (χ3v) is 10.6. The summed E-state index contributed by atoms with van der Waals surface area (Å²) in [5.74, 6) is -12.5. The van der Waals surface area contributed by atoms with Gasteiger partial charge in [-0.2, -0.15) is 0 Å². The molecule has 4 saturated heterocycles. The minimum atomic E-state index is -3.29. The van der Waals surface area contributed by atoms with Crippen molar-refractivity contribution in [2.24, 2.45) is 0 Å². The van der Waals surface area contributed by atoms with Crippen LogP contribution in [-0.2, 0) is 52.3 Å². The zero-order chi connectivity index (χ0) is 45.9. The molecule has 0 aromatic heterocycles. The van der Waals surface area contributed by atoms with E-state index in [-0.39, 0.29) is 0 Å². The maximum Gasteiger partial charge on any atom is 0.364 e. The average molecular weight is 895 g/mol. The van der Waals surface area contributed by atoms with Gasteiger partial charge >= 0.3 is 11.9 Å². The number of nitrogens with one attached hydrogen (secondary N) is 2. The summed E-state index contributed by atoms with van der Waals surface area (Å²) in [6.45, 7) is -2.30. The Balaban J connectivity index is 1.70. The topological polar surface area (TPSA) is 460 Å². The molecule has 4 rings (SSSR count). The van der Waals surface area contributed by atoms with Crippen molar-refractivity contribution in [3.63, 3.8) is 0 Å². The molecule has 0 unspecified atom stereocenters. The minimum absolute atomic E-state index is 0.606. The van der Waals surface area contributed by atoms with E-state index < -0.39 is 191 Å². The van der Waals surface area contributed by atoms with Crippen LogP contribution < -0.4 is 10.6 Å². The van der Waals surface area contributed by atoms with Crippen LogP contribution in [0.25, 0.3) is 0 Å². The minimum Gasteiger partial charge on any atom is -0.477 e. The number of carboxylic acids is 2. The third kappa shape index (κ3) is 10.9. The van der Waals surface area contributed by atoms with Crippen LogP contribution in [0.5, 0.6) is 0 Å². The van der Waals surface area contributed by atoms with Crippen LogP contribution in [0.15, 0.2) is 0 Å². The highest BCUT2D eigenvalue weighted by molar-refractivity contribution is 5.77. The molecule has 0 aromatic rings. The lowest BCUT2D eigenvalue weighted by atomic mass is 9.87. The summed E-state index contributed by atoms with van der Waals surface area (Å²) < 4.78 is 38.2. The normalized spacial score (nSPS) is 42.7. The number of carboxylic acid groups (broad SMARTS) is 2. The fourth-order valence-electron chi connectivity index (χ4n) is 7.44. The van der Waals surface area contributed by atoms with E-state index in [1.165, 1.54) is 0 Å². The van der Waals surface area contributed by atoms with Gasteiger partial charge in [0.15, 0.2) is 12.6 Å². The van der Waals surface area contributed by atoms with Gasteiger partial charge < -0.3 is 120 Å². The number of aliphatic hydroxyl groups is 13. The van der Waals surface area contributed by atoms with E-state index in [1.54, 1.807) is 0 Å². The summed E-state index contributed by atoms with van der Waals surface area (Å²) in [6.07, 6.45) is -37.7. The standard InChI is InChI=1S/C33H54N2O26/c1-9(39)34-17-11(41)3-32(30(51)52,59-25(17)19(44)13(43)5-36)58-15(7-38)22(47)26-18(35-10(2)40)12(42)4-33(60-26,31(53)54)61-27-21(46)14(6-37)56-29(24(27)49)57-16-8-55-28(50)23(48)20(16)45/h11-29,36-38,41-50H,3-8H2,1-2H3,(H,34,39)(H,35,40)(H,51,52)(H,53,54)/t11-,12-,13+,14+,15+,16+,17+,18+,19+,20-,21-,22+,23+,24+,25+,26+,27-,28+,29-,32+,33-/m0/s1. The molecule has 0 saturated carbocycles. The van der Waals surface area contributed by atoms with E-state index in [4.69, 9.17) is 33.2 Å². The molecule has 0 radical (unpaired) electrons. The van der Waals surface area contributed by atoms with E-state index in [9.17, 15) is 95.8 Å². The first kappa shape index (κ1) is 50.7. The summed E-state index contributed by atoms with van der Waals surface area (Å²) in [5.41, 5.74) is 0. The molecular weight excluding hydrogens is 840 g/mol. The third-order valence-electron chi connectivity index (χ3n) is 10.6. The molecule has 61 heavy (non-hydrogen) atoms. The zero-order valence-electron chi connectivity index (χ0n) is 32.4. The molecular formula is C33H54N2O26. The van der Waals surface area contributed by atoms with Gasteiger partial charge in [-0.3, -0.25) is 9.59 Å². The summed E-state index contributed by atoms with van der Waals surface area (Å²) in [5, 5.41) is 163. The maximum atomic E-state index is 13.1. The van der Waals surface area contributed by atoms with Crippen molar-refractivity contribution in [3.8, 4) is 0 Å². The monoisotopic (exact) mass is 894 g/mol. The number of carbonyl (C=O) groups is 4. The number of carbonyl (C=O) groups excluding carboxylic acids is 2. The fourth-order valence-corrected chi connectivity index (χ4v) is 7.44. The van der Waals surface area contributed by atoms with E-state index in [2.05, 4.69) is 10.6 Å². The first-order valence-corrected chi connectivity index (χ1v) is 18.8. The van der Waals surface area contributed by atoms with E-state index in [0.717, 1.165) is 13.8 Å². The number of aliphatic hydroxyl groups excluding tert-OH is 13. The molecule has 352 valence electrons. The lowest BCUT2D eigenvalue weighted by Crippen LogP contribution is -2.71. The fraction of sp³-hybridized carbons (Fsp3) is 0.879. The van der Waals surface area contributed by atoms with Gasteiger partial charge in [-0.15, -0.1) is 0 Å². The lowest BCUT2D eigenvalue weighted by molar-refractivity contribution is -0.383. The van der Waals surface area contributed by atoms with Gasteiger partial charge in [0.2, 0.25) is 11.8 Å². The predicted molar refractivity (Wildman–Crippen MR) is 185 cm³/mol. The molecule has 4 fully saturated rings. The van der Waals surface area contributed by atoms with Gasteiger partial charge in [-0.25, -0.2) is 9.59 Å². The highest BCUT2D eigenvalue weighted by Gasteiger charge is 2.62. The Labute approximate surface area is 344 Å². The zero-order valence-corrected chi connectivity index (χ0v) is 32.4. The van der Waals surface area contributed by atoms with Gasteiger partial charge in [0.05, 0.1) is 50.7 Å². The second kappa shape index (κ2) is 20.7. The van der Waals surface area contributed by atoms with Crippen LogP contribution in [0.2, 0.25) is 0 Å². The van der Waals surface area contributed by atoms with E-state index in [1.807, 2.05) is 0 Å². The number of rotatable bonds is 17. The molecule has 2 amide bonds. The first-order valence-electron chi connectivity index (χ1n) is 18.8. The largest absolute Gasteiger partial charge is 0.477 e. The Bertz CT molecular complexity index is 1510. The van der Waals surface area contributed by atoms with Crippen LogP contribution >= 0.6 is 0 Å². The van der Waals surface area contributed by atoms with Gasteiger partial charge in [-0.1, -0.05) is 0 Å². The molecule has 28 heteroatoms. The number of hydrogen-bond donors (Lipinski definition) is 17. The van der Waals surface area contributed by atoms with Crippen molar-refractivity contribution in [2.75, 3.05) is 26.4 Å². The molecule has 4 aliphatic rings. The van der Waals surface area contributed by atoms with Crippen molar-refractivity contribution < 1.29 is 129 Å². The van der Waals surface area contributed by atoms with Crippen LogP contribution in [-0.4, -0.2) is 255 Å². The molecule has 4 aliphatic heterocycles. The number of amides is 2. The number of hydrogen-bond acceptors (Lipinski definition) is 24. The SMILES string of the molecule is CC(=O)N[C@H]1[C@H]([C@H](O)[C@H](O)CO)O[C@@](O[C@H](CO)[C@@H](O)[C@@H]2O[C@@](O[C@H]3[C@@H](O)[C@@H](CO)O[C@@H](O[C@@H]4CO[C@@H](O)[C@H](O)[C@H]4O)[C@@H]3O)(C(=O)O)C[C@H](O)[C@H]2NC(C)=O)(C(=O)O)C[C@@H]1O. The van der Waals surface area contributed by atoms with Crippen molar-refractivity contribution in [1.29, 1.82) is 0 Å². The molecule has 21 atom stereocenters. The second-order valence-corrected chi connectivity index (χ2v) is 15.0. The quantitative estimate of drug-likeness (QED) is 0.0644. The van der Waals surface area contributed by atoms with Gasteiger partial charge in [0, 0.05) is 26.7 Å². The summed E-state index contributed by atoms with van der Waals surface area (Å²) in [7, 11) is 0. The Hall–Kier alpha value is -2.92. The smallest absolute Gasteiger partial charge is 0.364 e. The van der Waals surface area contributed by atoms with Crippen molar-refractivity contribution in [1.82, 2.24) is 10.6 Å². The Morgan fingerprint density at radius 2 is 1.25 bits per heavy atom. The van der Waals surface area contributed by atoms with Gasteiger partial charge in [-0.05, 0) is 0 Å². The predicted octanol–water partition coefficient (Wildman–Crippen LogP) is -10.4. The molecule has 0 bridgehead atoms. The van der Waals surface area contributed by atoms with Crippen molar-refractivity contribution >= 4 is 23.8 Å². The molecule has 4 heterocycles. The van der Waals surface area contributed by atoms with E-state index >= 15 is 0 Å². The number of ether oxygens (including phenoxy) is 7. The Morgan fingerprint density at radius 1 is 0.721 bits per heavy atom. The van der Waals surface area contributed by atoms with Crippen LogP contribution in [0.4, 0.5) is 0 Å². The molecule has 17 N–H and O–H groups in total. The maximum absolute atomic E-state index is 13.1. The Morgan fingerprint density at radius 3 is 1.74 bits per heavy atom. The average Bonchev–Trinajstić information content (AvgIpc) is 3.20.